The van der Waals surface area contributed by atoms with Gasteiger partial charge in [-0.15, -0.1) is 0 Å². The van der Waals surface area contributed by atoms with Crippen LogP contribution in [0.2, 0.25) is 6.82 Å². The predicted octanol–water partition coefficient (Wildman–Crippen LogP) is 2.49. The molecule has 2 nitrogen and oxygen atoms in total. The van der Waals surface area contributed by atoms with Gasteiger partial charge in [0.25, 0.3) is 0 Å². The Balaban J connectivity index is 2.03. The van der Waals surface area contributed by atoms with Gasteiger partial charge >= 0.3 is 5.92 Å². The van der Waals surface area contributed by atoms with Gasteiger partial charge in [-0.3, -0.25) is 4.98 Å². The molecule has 0 radical (unpaired) electrons. The molecule has 1 atom stereocenters. The van der Waals surface area contributed by atoms with Gasteiger partial charge in [-0.2, -0.15) is 8.78 Å². The van der Waals surface area contributed by atoms with Crippen LogP contribution in [0.1, 0.15) is 11.3 Å². The molecular weight excluding hydrogens is 297 g/mol. The lowest BCUT2D eigenvalue weighted by Gasteiger charge is -2.24. The van der Waals surface area contributed by atoms with Crippen LogP contribution in [0.15, 0.2) is 36.5 Å². The van der Waals surface area contributed by atoms with Crippen molar-refractivity contribution in [3.05, 3.63) is 59.4 Å². The van der Waals surface area contributed by atoms with Crippen LogP contribution in [0.25, 0.3) is 0 Å². The number of rotatable bonds is 4. The second-order valence-electron chi connectivity index (χ2n) is 5.22. The lowest BCUT2D eigenvalue weighted by atomic mass is 9.74. The summed E-state index contributed by atoms with van der Waals surface area (Å²) in [4.78, 5) is 3.77. The van der Waals surface area contributed by atoms with Crippen LogP contribution in [0.3, 0.4) is 0 Å². The number of aromatic nitrogens is 1. The Bertz CT molecular complexity index is 701. The van der Waals surface area contributed by atoms with Crippen molar-refractivity contribution in [2.75, 3.05) is 6.61 Å². The highest BCUT2D eigenvalue weighted by atomic mass is 19.3. The van der Waals surface area contributed by atoms with Crippen molar-refractivity contribution in [1.29, 1.82) is 0 Å². The molecule has 0 saturated carbocycles. The Hall–Kier alpha value is -1.89. The van der Waals surface area contributed by atoms with Crippen LogP contribution in [0.5, 0.6) is 0 Å². The fourth-order valence-corrected chi connectivity index (χ4v) is 2.42. The molecule has 0 N–H and O–H groups in total. The molecule has 1 aromatic carbocycles. The van der Waals surface area contributed by atoms with E-state index in [0.29, 0.717) is 13.3 Å². The molecule has 2 aromatic rings. The van der Waals surface area contributed by atoms with E-state index < -0.39 is 28.9 Å². The number of hydrogen-bond acceptors (Lipinski definition) is 2. The zero-order valence-corrected chi connectivity index (χ0v) is 11.7. The minimum absolute atomic E-state index is 0.347. The highest BCUT2D eigenvalue weighted by molar-refractivity contribution is 6.51. The molecule has 22 heavy (non-hydrogen) atoms. The van der Waals surface area contributed by atoms with Crippen molar-refractivity contribution < 1.29 is 22.3 Å². The smallest absolute Gasteiger partial charge is 0.324 e. The lowest BCUT2D eigenvalue weighted by molar-refractivity contribution is -0.0901. The maximum atomic E-state index is 14.8. The summed E-state index contributed by atoms with van der Waals surface area (Å²) in [6, 6.07) is 5.26. The van der Waals surface area contributed by atoms with Crippen molar-refractivity contribution in [2.24, 2.45) is 0 Å². The first-order valence-electron chi connectivity index (χ1n) is 6.83. The SMILES string of the molecule is CBc1ccc(C(F)(F)C2(c3ccc(F)cc3F)CO2)nc1. The molecule has 3 rings (SSSR count). The minimum atomic E-state index is -3.52. The lowest BCUT2D eigenvalue weighted by Crippen LogP contribution is -2.35. The molecule has 0 amide bonds. The van der Waals surface area contributed by atoms with E-state index in [1.54, 1.807) is 6.07 Å². The molecular formula is C15H12BF4NO. The van der Waals surface area contributed by atoms with Crippen LogP contribution in [-0.4, -0.2) is 18.9 Å². The van der Waals surface area contributed by atoms with Gasteiger partial charge in [-0.25, -0.2) is 8.78 Å². The number of nitrogens with zero attached hydrogens (tertiary/aromatic N) is 1. The van der Waals surface area contributed by atoms with E-state index in [-0.39, 0.29) is 12.2 Å². The quantitative estimate of drug-likeness (QED) is 0.492. The van der Waals surface area contributed by atoms with E-state index >= 15 is 0 Å². The van der Waals surface area contributed by atoms with E-state index in [1.165, 1.54) is 12.3 Å². The molecule has 1 aliphatic rings. The van der Waals surface area contributed by atoms with Crippen molar-refractivity contribution in [3.63, 3.8) is 0 Å². The standard InChI is InChI=1S/C15H12BF4NO/c1-16-9-2-5-13(21-7-9)15(19,20)14(8-22-14)11-4-3-10(17)6-12(11)18/h2-7,16H,8H2,1H3. The third-order valence-corrected chi connectivity index (χ3v) is 3.86. The zero-order valence-electron chi connectivity index (χ0n) is 11.7. The molecule has 0 bridgehead atoms. The Morgan fingerprint density at radius 1 is 1.23 bits per heavy atom. The first-order valence-corrected chi connectivity index (χ1v) is 6.83. The second kappa shape index (κ2) is 5.09. The minimum Gasteiger partial charge on any atom is -0.357 e. The van der Waals surface area contributed by atoms with Gasteiger partial charge in [0, 0.05) is 17.8 Å². The molecule has 1 unspecified atom stereocenters. The van der Waals surface area contributed by atoms with E-state index in [0.717, 1.165) is 17.6 Å². The number of benzene rings is 1. The Labute approximate surface area is 125 Å². The predicted molar refractivity (Wildman–Crippen MR) is 74.8 cm³/mol. The largest absolute Gasteiger partial charge is 0.357 e. The van der Waals surface area contributed by atoms with Gasteiger partial charge in [0.15, 0.2) is 12.9 Å². The number of epoxide rings is 1. The van der Waals surface area contributed by atoms with Gasteiger partial charge in [0.05, 0.1) is 6.61 Å². The van der Waals surface area contributed by atoms with Crippen molar-refractivity contribution >= 4 is 12.7 Å². The molecule has 2 heterocycles. The van der Waals surface area contributed by atoms with Crippen molar-refractivity contribution in [2.45, 2.75) is 18.3 Å². The van der Waals surface area contributed by atoms with Gasteiger partial charge in [0.2, 0.25) is 0 Å². The fourth-order valence-electron chi connectivity index (χ4n) is 2.42. The van der Waals surface area contributed by atoms with Gasteiger partial charge in [-0.1, -0.05) is 18.4 Å². The molecule has 1 saturated heterocycles. The van der Waals surface area contributed by atoms with Crippen molar-refractivity contribution in [1.82, 2.24) is 4.98 Å². The van der Waals surface area contributed by atoms with Gasteiger partial charge in [-0.05, 0) is 18.2 Å². The third kappa shape index (κ3) is 2.20. The monoisotopic (exact) mass is 309 g/mol. The van der Waals surface area contributed by atoms with E-state index in [2.05, 4.69) is 4.98 Å². The molecule has 1 fully saturated rings. The van der Waals surface area contributed by atoms with Crippen LogP contribution in [0, 0.1) is 11.6 Å². The average molecular weight is 309 g/mol. The summed E-state index contributed by atoms with van der Waals surface area (Å²) in [5, 5.41) is 0. The molecule has 0 aliphatic carbocycles. The van der Waals surface area contributed by atoms with Crippen molar-refractivity contribution in [3.8, 4) is 0 Å². The maximum Gasteiger partial charge on any atom is 0.324 e. The topological polar surface area (TPSA) is 25.4 Å². The first kappa shape index (κ1) is 15.0. The Morgan fingerprint density at radius 2 is 1.95 bits per heavy atom. The number of pyridine rings is 1. The summed E-state index contributed by atoms with van der Waals surface area (Å²) in [5.74, 6) is -5.40. The fraction of sp³-hybridized carbons (Fsp3) is 0.267. The summed E-state index contributed by atoms with van der Waals surface area (Å²) in [6.45, 7) is 1.54. The summed E-state index contributed by atoms with van der Waals surface area (Å²) in [5.41, 5.74) is -2.16. The maximum absolute atomic E-state index is 14.8. The van der Waals surface area contributed by atoms with Crippen LogP contribution >= 0.6 is 0 Å². The van der Waals surface area contributed by atoms with Crippen LogP contribution in [-0.2, 0) is 16.3 Å². The van der Waals surface area contributed by atoms with E-state index in [9.17, 15) is 17.6 Å². The average Bonchev–Trinajstić information content (AvgIpc) is 3.29. The normalized spacial score (nSPS) is 20.8. The second-order valence-corrected chi connectivity index (χ2v) is 5.22. The zero-order chi connectivity index (χ0) is 16.0. The summed E-state index contributed by atoms with van der Waals surface area (Å²) < 4.78 is 61.3. The van der Waals surface area contributed by atoms with Crippen LogP contribution < -0.4 is 5.46 Å². The van der Waals surface area contributed by atoms with Gasteiger partial charge in [0.1, 0.15) is 17.3 Å². The van der Waals surface area contributed by atoms with E-state index in [1.807, 2.05) is 6.82 Å². The number of alkyl halides is 2. The summed E-state index contributed by atoms with van der Waals surface area (Å²) in [7, 11) is 0.674. The summed E-state index contributed by atoms with van der Waals surface area (Å²) in [6.07, 6.45) is 1.36. The molecule has 7 heteroatoms. The van der Waals surface area contributed by atoms with Gasteiger partial charge < -0.3 is 4.74 Å². The Kier molecular flexibility index (Phi) is 3.47. The molecule has 0 spiro atoms. The number of hydrogen-bond donors (Lipinski definition) is 0. The first-order chi connectivity index (χ1) is 10.4. The molecule has 1 aromatic heterocycles. The Morgan fingerprint density at radius 3 is 2.45 bits per heavy atom. The number of ether oxygens (including phenoxy) is 1. The van der Waals surface area contributed by atoms with Crippen LogP contribution in [0.4, 0.5) is 17.6 Å². The van der Waals surface area contributed by atoms with E-state index in [4.69, 9.17) is 4.74 Å². The highest BCUT2D eigenvalue weighted by Crippen LogP contribution is 2.56. The molecule has 114 valence electrons. The number of halogens is 4. The summed E-state index contributed by atoms with van der Waals surface area (Å²) >= 11 is 0. The third-order valence-electron chi connectivity index (χ3n) is 3.86. The highest BCUT2D eigenvalue weighted by Gasteiger charge is 2.68. The molecule has 1 aliphatic heterocycles.